The average molecular weight is 445 g/mol. The Morgan fingerprint density at radius 3 is 2.57 bits per heavy atom. The van der Waals surface area contributed by atoms with Gasteiger partial charge in [-0.05, 0) is 18.1 Å². The fourth-order valence-corrected chi connectivity index (χ4v) is 3.34. The Bertz CT molecular complexity index is 936. The van der Waals surface area contributed by atoms with Crippen molar-refractivity contribution in [3.63, 3.8) is 0 Å². The number of hydrogen-bond donors (Lipinski definition) is 3. The van der Waals surface area contributed by atoms with Gasteiger partial charge in [-0.1, -0.05) is 53.8 Å². The molecule has 28 heavy (non-hydrogen) atoms. The van der Waals surface area contributed by atoms with Gasteiger partial charge < -0.3 is 9.84 Å². The summed E-state index contributed by atoms with van der Waals surface area (Å²) in [5.74, 6) is 0.730. The maximum absolute atomic E-state index is 12.3. The molecule has 0 aliphatic rings. The van der Waals surface area contributed by atoms with E-state index in [2.05, 4.69) is 36.0 Å². The van der Waals surface area contributed by atoms with Crippen LogP contribution in [0.5, 0.6) is 0 Å². The van der Waals surface area contributed by atoms with Crippen molar-refractivity contribution in [2.45, 2.75) is 19.9 Å². The quantitative estimate of drug-likeness (QED) is 0.507. The van der Waals surface area contributed by atoms with Crippen LogP contribution in [0.15, 0.2) is 23.0 Å². The Morgan fingerprint density at radius 2 is 1.96 bits per heavy atom. The zero-order chi connectivity index (χ0) is 20.3. The SMILES string of the molecule is CC(C)C(NCC(=O)Nc1c(Cl)cc(Cl)cc1Cl)c1nc(-c2ncn[nH]2)no1. The number of benzene rings is 1. The van der Waals surface area contributed by atoms with Crippen molar-refractivity contribution in [3.8, 4) is 11.6 Å². The van der Waals surface area contributed by atoms with Crippen LogP contribution in [-0.4, -0.2) is 37.8 Å². The Hall–Kier alpha value is -2.20. The third-order valence-electron chi connectivity index (χ3n) is 3.76. The smallest absolute Gasteiger partial charge is 0.244 e. The number of carbonyl (C=O) groups is 1. The highest BCUT2D eigenvalue weighted by atomic mass is 35.5. The minimum absolute atomic E-state index is 0.0296. The van der Waals surface area contributed by atoms with Crippen LogP contribution in [0.25, 0.3) is 11.6 Å². The number of nitrogens with one attached hydrogen (secondary N) is 3. The van der Waals surface area contributed by atoms with E-state index in [0.717, 1.165) is 0 Å². The molecule has 0 radical (unpaired) electrons. The molecule has 1 aromatic carbocycles. The van der Waals surface area contributed by atoms with Crippen LogP contribution < -0.4 is 10.6 Å². The summed E-state index contributed by atoms with van der Waals surface area (Å²) in [4.78, 5) is 20.6. The van der Waals surface area contributed by atoms with Crippen LogP contribution in [0.4, 0.5) is 5.69 Å². The molecule has 12 heteroatoms. The highest BCUT2D eigenvalue weighted by molar-refractivity contribution is 6.42. The zero-order valence-corrected chi connectivity index (χ0v) is 17.1. The topological polar surface area (TPSA) is 122 Å². The fraction of sp³-hybridized carbons (Fsp3) is 0.312. The summed E-state index contributed by atoms with van der Waals surface area (Å²) in [7, 11) is 0. The van der Waals surface area contributed by atoms with Crippen molar-refractivity contribution in [3.05, 3.63) is 39.4 Å². The largest absolute Gasteiger partial charge is 0.337 e. The maximum atomic E-state index is 12.3. The van der Waals surface area contributed by atoms with Gasteiger partial charge in [-0.25, -0.2) is 4.98 Å². The molecule has 3 aromatic rings. The third kappa shape index (κ3) is 4.79. The number of hydrogen-bond acceptors (Lipinski definition) is 7. The molecule has 3 N–H and O–H groups in total. The molecule has 0 saturated carbocycles. The Balaban J connectivity index is 1.66. The van der Waals surface area contributed by atoms with Crippen molar-refractivity contribution in [2.75, 3.05) is 11.9 Å². The normalized spacial score (nSPS) is 12.4. The number of aromatic nitrogens is 5. The van der Waals surface area contributed by atoms with E-state index in [4.69, 9.17) is 39.3 Å². The van der Waals surface area contributed by atoms with Gasteiger partial charge in [-0.15, -0.1) is 0 Å². The van der Waals surface area contributed by atoms with Crippen molar-refractivity contribution < 1.29 is 9.32 Å². The number of anilines is 1. The van der Waals surface area contributed by atoms with E-state index in [0.29, 0.717) is 22.4 Å². The average Bonchev–Trinajstić information content (AvgIpc) is 3.29. The molecule has 1 unspecified atom stereocenters. The van der Waals surface area contributed by atoms with Gasteiger partial charge in [-0.2, -0.15) is 10.1 Å². The molecule has 0 aliphatic heterocycles. The second kappa shape index (κ2) is 8.87. The highest BCUT2D eigenvalue weighted by Crippen LogP contribution is 2.33. The molecule has 0 aliphatic carbocycles. The molecule has 1 atom stereocenters. The van der Waals surface area contributed by atoms with Gasteiger partial charge in [0.25, 0.3) is 0 Å². The number of aromatic amines is 1. The summed E-state index contributed by atoms with van der Waals surface area (Å²) < 4.78 is 5.31. The lowest BCUT2D eigenvalue weighted by Gasteiger charge is -2.18. The standard InChI is InChI=1S/C16H16Cl3N7O2/c1-7(2)12(16-24-15(26-28-16)14-21-6-22-25-14)20-5-11(27)23-13-9(18)3-8(17)4-10(13)19/h3-4,6-7,12,20H,5H2,1-2H3,(H,23,27)(H,21,22,25). The maximum Gasteiger partial charge on any atom is 0.244 e. The molecule has 0 bridgehead atoms. The minimum Gasteiger partial charge on any atom is -0.337 e. The first-order valence-corrected chi connectivity index (χ1v) is 9.35. The van der Waals surface area contributed by atoms with Crippen LogP contribution in [-0.2, 0) is 4.79 Å². The Morgan fingerprint density at radius 1 is 1.25 bits per heavy atom. The van der Waals surface area contributed by atoms with Gasteiger partial charge in [0.15, 0.2) is 5.82 Å². The van der Waals surface area contributed by atoms with Gasteiger partial charge in [-0.3, -0.25) is 15.2 Å². The number of rotatable bonds is 7. The summed E-state index contributed by atoms with van der Waals surface area (Å²) in [5.41, 5.74) is 0.297. The molecule has 148 valence electrons. The van der Waals surface area contributed by atoms with E-state index in [1.54, 1.807) is 0 Å². The number of carbonyl (C=O) groups excluding carboxylic acids is 1. The van der Waals surface area contributed by atoms with Gasteiger partial charge in [0.1, 0.15) is 6.33 Å². The number of amides is 1. The second-order valence-corrected chi connectivity index (χ2v) is 7.44. The third-order valence-corrected chi connectivity index (χ3v) is 4.57. The lowest BCUT2D eigenvalue weighted by Crippen LogP contribution is -2.34. The van der Waals surface area contributed by atoms with Gasteiger partial charge in [0, 0.05) is 5.02 Å². The fourth-order valence-electron chi connectivity index (χ4n) is 2.43. The Kier molecular flexibility index (Phi) is 6.50. The molecule has 2 aromatic heterocycles. The highest BCUT2D eigenvalue weighted by Gasteiger charge is 2.24. The van der Waals surface area contributed by atoms with Gasteiger partial charge >= 0.3 is 0 Å². The summed E-state index contributed by atoms with van der Waals surface area (Å²) in [6.07, 6.45) is 1.35. The zero-order valence-electron chi connectivity index (χ0n) is 14.8. The first kappa shape index (κ1) is 20.5. The van der Waals surface area contributed by atoms with Crippen molar-refractivity contribution in [1.82, 2.24) is 30.6 Å². The molecule has 1 amide bonds. The van der Waals surface area contributed by atoms with Crippen LogP contribution in [0, 0.1) is 5.92 Å². The molecule has 0 saturated heterocycles. The monoisotopic (exact) mass is 443 g/mol. The van der Waals surface area contributed by atoms with E-state index in [-0.39, 0.29) is 40.3 Å². The van der Waals surface area contributed by atoms with E-state index in [9.17, 15) is 4.79 Å². The molecule has 0 fully saturated rings. The first-order chi connectivity index (χ1) is 13.3. The van der Waals surface area contributed by atoms with E-state index in [1.165, 1.54) is 18.5 Å². The summed E-state index contributed by atoms with van der Waals surface area (Å²) >= 11 is 18.1. The van der Waals surface area contributed by atoms with Crippen molar-refractivity contribution in [2.24, 2.45) is 5.92 Å². The summed E-state index contributed by atoms with van der Waals surface area (Å²) in [5, 5.41) is 16.9. The lowest BCUT2D eigenvalue weighted by molar-refractivity contribution is -0.115. The molecule has 2 heterocycles. The molecule has 3 rings (SSSR count). The molecular weight excluding hydrogens is 429 g/mol. The Labute approximate surface area is 175 Å². The summed E-state index contributed by atoms with van der Waals surface area (Å²) in [6.45, 7) is 3.89. The van der Waals surface area contributed by atoms with E-state index < -0.39 is 0 Å². The van der Waals surface area contributed by atoms with Crippen LogP contribution >= 0.6 is 34.8 Å². The first-order valence-electron chi connectivity index (χ1n) is 8.22. The van der Waals surface area contributed by atoms with E-state index >= 15 is 0 Å². The predicted molar refractivity (Wildman–Crippen MR) is 105 cm³/mol. The minimum atomic E-state index is -0.355. The van der Waals surface area contributed by atoms with Crippen molar-refractivity contribution >= 4 is 46.4 Å². The number of halogens is 3. The van der Waals surface area contributed by atoms with Crippen LogP contribution in [0.3, 0.4) is 0 Å². The number of H-pyrrole nitrogens is 1. The second-order valence-electron chi connectivity index (χ2n) is 6.19. The van der Waals surface area contributed by atoms with Crippen LogP contribution in [0.1, 0.15) is 25.8 Å². The van der Waals surface area contributed by atoms with Crippen LogP contribution in [0.2, 0.25) is 15.1 Å². The summed E-state index contributed by atoms with van der Waals surface area (Å²) in [6, 6.07) is 2.64. The molecule has 9 nitrogen and oxygen atoms in total. The van der Waals surface area contributed by atoms with Crippen molar-refractivity contribution in [1.29, 1.82) is 0 Å². The predicted octanol–water partition coefficient (Wildman–Crippen LogP) is 3.74. The van der Waals surface area contributed by atoms with Gasteiger partial charge in [0.05, 0.1) is 28.3 Å². The van der Waals surface area contributed by atoms with E-state index in [1.807, 2.05) is 13.8 Å². The lowest BCUT2D eigenvalue weighted by atomic mass is 10.0. The molecule has 0 spiro atoms. The number of nitrogens with zero attached hydrogens (tertiary/aromatic N) is 4. The van der Waals surface area contributed by atoms with Gasteiger partial charge in [0.2, 0.25) is 17.6 Å². The molecular formula is C16H16Cl3N7O2.